The third-order valence-corrected chi connectivity index (χ3v) is 4.45. The van der Waals surface area contributed by atoms with Gasteiger partial charge in [0.25, 0.3) is 0 Å². The lowest BCUT2D eigenvalue weighted by atomic mass is 9.80. The highest BCUT2D eigenvalue weighted by Crippen LogP contribution is 2.36. The predicted molar refractivity (Wildman–Crippen MR) is 86.4 cm³/mol. The number of hydrogen-bond acceptors (Lipinski definition) is 3. The van der Waals surface area contributed by atoms with Gasteiger partial charge in [0.2, 0.25) is 0 Å². The number of aromatic nitrogens is 1. The van der Waals surface area contributed by atoms with E-state index in [-0.39, 0.29) is 0 Å². The van der Waals surface area contributed by atoms with Crippen molar-refractivity contribution in [1.29, 1.82) is 0 Å². The van der Waals surface area contributed by atoms with Crippen LogP contribution in [0.15, 0.2) is 12.3 Å². The summed E-state index contributed by atoms with van der Waals surface area (Å²) in [5.74, 6) is 1.65. The van der Waals surface area contributed by atoms with Crippen molar-refractivity contribution < 1.29 is 0 Å². The van der Waals surface area contributed by atoms with Gasteiger partial charge in [0.05, 0.1) is 5.02 Å². The number of anilines is 1. The lowest BCUT2D eigenvalue weighted by Gasteiger charge is -2.27. The molecule has 0 aliphatic carbocycles. The van der Waals surface area contributed by atoms with Gasteiger partial charge in [-0.2, -0.15) is 0 Å². The maximum atomic E-state index is 6.42. The summed E-state index contributed by atoms with van der Waals surface area (Å²) < 4.78 is 0. The Hall–Kier alpha value is -0.800. The van der Waals surface area contributed by atoms with Crippen molar-refractivity contribution in [1.82, 2.24) is 10.3 Å². The van der Waals surface area contributed by atoms with Gasteiger partial charge in [0, 0.05) is 25.8 Å². The average molecular weight is 296 g/mol. The Morgan fingerprint density at radius 1 is 1.45 bits per heavy atom. The van der Waals surface area contributed by atoms with E-state index in [1.54, 1.807) is 0 Å². The van der Waals surface area contributed by atoms with E-state index in [1.807, 2.05) is 12.3 Å². The van der Waals surface area contributed by atoms with Gasteiger partial charge in [0.15, 0.2) is 0 Å². The number of hydrogen-bond donors (Lipinski definition) is 1. The molecule has 1 unspecified atom stereocenters. The van der Waals surface area contributed by atoms with Gasteiger partial charge in [-0.05, 0) is 35.9 Å². The minimum absolute atomic E-state index is 0.353. The van der Waals surface area contributed by atoms with Crippen molar-refractivity contribution in [3.8, 4) is 0 Å². The summed E-state index contributed by atoms with van der Waals surface area (Å²) in [4.78, 5) is 6.91. The Balaban J connectivity index is 2.07. The molecule has 2 rings (SSSR count). The second kappa shape index (κ2) is 6.31. The van der Waals surface area contributed by atoms with Gasteiger partial charge in [0.1, 0.15) is 5.82 Å². The summed E-state index contributed by atoms with van der Waals surface area (Å²) >= 11 is 6.42. The molecule has 0 saturated carbocycles. The van der Waals surface area contributed by atoms with Crippen molar-refractivity contribution in [3.63, 3.8) is 0 Å². The summed E-state index contributed by atoms with van der Waals surface area (Å²) in [6, 6.07) is 2.04. The highest BCUT2D eigenvalue weighted by Gasteiger charge is 2.32. The van der Waals surface area contributed by atoms with Gasteiger partial charge in [-0.1, -0.05) is 39.3 Å². The number of nitrogens with one attached hydrogen (secondary N) is 1. The molecule has 0 radical (unpaired) electrons. The fourth-order valence-corrected chi connectivity index (χ4v) is 3.04. The van der Waals surface area contributed by atoms with Crippen LogP contribution in [0.25, 0.3) is 0 Å². The molecular formula is C16H26ClN3. The molecule has 1 fully saturated rings. The fourth-order valence-electron chi connectivity index (χ4n) is 2.73. The highest BCUT2D eigenvalue weighted by molar-refractivity contribution is 6.33. The van der Waals surface area contributed by atoms with Crippen molar-refractivity contribution >= 4 is 17.4 Å². The van der Waals surface area contributed by atoms with E-state index in [4.69, 9.17) is 11.6 Å². The quantitative estimate of drug-likeness (QED) is 0.918. The lowest BCUT2D eigenvalue weighted by molar-refractivity contribution is 0.263. The summed E-state index contributed by atoms with van der Waals surface area (Å²) in [5, 5.41) is 4.07. The van der Waals surface area contributed by atoms with E-state index in [0.29, 0.717) is 11.3 Å². The molecule has 1 saturated heterocycles. The van der Waals surface area contributed by atoms with Crippen LogP contribution in [0.1, 0.15) is 39.7 Å². The Kier molecular flexibility index (Phi) is 4.92. The second-order valence-electron chi connectivity index (χ2n) is 6.73. The largest absolute Gasteiger partial charge is 0.355 e. The zero-order valence-corrected chi connectivity index (χ0v) is 13.8. The standard InChI is InChI=1S/C16H26ClN3/c1-5-18-9-12-8-14(17)15(19-10-12)20-7-6-13(11-20)16(2,3)4/h8,10,13,18H,5-7,9,11H2,1-4H3. The summed E-state index contributed by atoms with van der Waals surface area (Å²) in [6.45, 7) is 12.9. The Labute approximate surface area is 127 Å². The van der Waals surface area contributed by atoms with Crippen molar-refractivity contribution in [2.24, 2.45) is 11.3 Å². The van der Waals surface area contributed by atoms with Crippen LogP contribution in [-0.2, 0) is 6.54 Å². The van der Waals surface area contributed by atoms with E-state index in [0.717, 1.165) is 42.6 Å². The maximum Gasteiger partial charge on any atom is 0.147 e. The first kappa shape index (κ1) is 15.6. The minimum atomic E-state index is 0.353. The van der Waals surface area contributed by atoms with Crippen LogP contribution in [0.4, 0.5) is 5.82 Å². The number of pyridine rings is 1. The zero-order valence-electron chi connectivity index (χ0n) is 13.0. The number of halogens is 1. The molecule has 1 aliphatic heterocycles. The molecule has 1 aliphatic rings. The maximum absolute atomic E-state index is 6.42. The molecule has 20 heavy (non-hydrogen) atoms. The first-order valence-corrected chi connectivity index (χ1v) is 7.89. The van der Waals surface area contributed by atoms with Crippen LogP contribution in [-0.4, -0.2) is 24.6 Å². The van der Waals surface area contributed by atoms with Gasteiger partial charge in [-0.25, -0.2) is 4.98 Å². The van der Waals surface area contributed by atoms with Crippen LogP contribution in [0.5, 0.6) is 0 Å². The summed E-state index contributed by atoms with van der Waals surface area (Å²) in [7, 11) is 0. The van der Waals surface area contributed by atoms with Gasteiger partial charge >= 0.3 is 0 Å². The molecule has 3 nitrogen and oxygen atoms in total. The Morgan fingerprint density at radius 3 is 2.75 bits per heavy atom. The van der Waals surface area contributed by atoms with Crippen LogP contribution in [0, 0.1) is 11.3 Å². The van der Waals surface area contributed by atoms with E-state index in [2.05, 4.69) is 42.9 Å². The topological polar surface area (TPSA) is 28.2 Å². The molecule has 0 aromatic carbocycles. The minimum Gasteiger partial charge on any atom is -0.355 e. The molecule has 112 valence electrons. The Bertz CT molecular complexity index is 454. The normalized spacial score (nSPS) is 19.6. The first-order chi connectivity index (χ1) is 9.41. The molecule has 0 spiro atoms. The monoisotopic (exact) mass is 295 g/mol. The van der Waals surface area contributed by atoms with Crippen molar-refractivity contribution in [2.45, 2.75) is 40.7 Å². The average Bonchev–Trinajstić information content (AvgIpc) is 2.85. The molecule has 2 heterocycles. The second-order valence-corrected chi connectivity index (χ2v) is 7.13. The SMILES string of the molecule is CCNCc1cnc(N2CCC(C(C)(C)C)C2)c(Cl)c1. The molecular weight excluding hydrogens is 270 g/mol. The number of rotatable bonds is 4. The third-order valence-electron chi connectivity index (χ3n) is 4.17. The molecule has 0 amide bonds. The van der Waals surface area contributed by atoms with E-state index >= 15 is 0 Å². The smallest absolute Gasteiger partial charge is 0.147 e. The molecule has 0 bridgehead atoms. The van der Waals surface area contributed by atoms with Crippen molar-refractivity contribution in [3.05, 3.63) is 22.8 Å². The van der Waals surface area contributed by atoms with E-state index in [1.165, 1.54) is 6.42 Å². The van der Waals surface area contributed by atoms with Crippen LogP contribution in [0.2, 0.25) is 5.02 Å². The van der Waals surface area contributed by atoms with Crippen LogP contribution < -0.4 is 10.2 Å². The van der Waals surface area contributed by atoms with Gasteiger partial charge in [-0.3, -0.25) is 0 Å². The van der Waals surface area contributed by atoms with Crippen LogP contribution in [0.3, 0.4) is 0 Å². The van der Waals surface area contributed by atoms with Gasteiger partial charge < -0.3 is 10.2 Å². The Morgan fingerprint density at radius 2 is 2.20 bits per heavy atom. The third kappa shape index (κ3) is 3.64. The van der Waals surface area contributed by atoms with Crippen LogP contribution >= 0.6 is 11.6 Å². The summed E-state index contributed by atoms with van der Waals surface area (Å²) in [5.41, 5.74) is 1.50. The molecule has 1 aromatic heterocycles. The summed E-state index contributed by atoms with van der Waals surface area (Å²) in [6.07, 6.45) is 3.16. The lowest BCUT2D eigenvalue weighted by Crippen LogP contribution is -2.26. The zero-order chi connectivity index (χ0) is 14.8. The highest BCUT2D eigenvalue weighted by atomic mass is 35.5. The van der Waals surface area contributed by atoms with E-state index < -0.39 is 0 Å². The first-order valence-electron chi connectivity index (χ1n) is 7.52. The molecule has 4 heteroatoms. The fraction of sp³-hybridized carbons (Fsp3) is 0.688. The predicted octanol–water partition coefficient (Wildman–Crippen LogP) is 3.72. The van der Waals surface area contributed by atoms with E-state index in [9.17, 15) is 0 Å². The molecule has 1 atom stereocenters. The number of nitrogens with zero attached hydrogens (tertiary/aromatic N) is 2. The molecule has 1 N–H and O–H groups in total. The van der Waals surface area contributed by atoms with Gasteiger partial charge in [-0.15, -0.1) is 0 Å². The van der Waals surface area contributed by atoms with Crippen molar-refractivity contribution in [2.75, 3.05) is 24.5 Å². The molecule has 1 aromatic rings.